The summed E-state index contributed by atoms with van der Waals surface area (Å²) in [5, 5.41) is 0.772. The molecule has 4 nitrogen and oxygen atoms in total. The van der Waals surface area contributed by atoms with E-state index >= 15 is 0 Å². The summed E-state index contributed by atoms with van der Waals surface area (Å²) in [6, 6.07) is 10.3. The lowest BCUT2D eigenvalue weighted by molar-refractivity contribution is -0.113. The fraction of sp³-hybridized carbons (Fsp3) is 0.111. The second kappa shape index (κ2) is 7.88. The number of amides is 1. The molecule has 0 radical (unpaired) electrons. The number of rotatable bonds is 4. The van der Waals surface area contributed by atoms with E-state index in [-0.39, 0.29) is 5.91 Å². The van der Waals surface area contributed by atoms with Crippen molar-refractivity contribution < 1.29 is 14.3 Å². The number of methoxy groups -OCH3 is 2. The number of ether oxygens (including phenoxy) is 2. The first-order chi connectivity index (χ1) is 12.4. The van der Waals surface area contributed by atoms with Gasteiger partial charge in [0.25, 0.3) is 5.91 Å². The van der Waals surface area contributed by atoms with Gasteiger partial charge in [0.1, 0.15) is 11.5 Å². The van der Waals surface area contributed by atoms with Crippen molar-refractivity contribution in [3.8, 4) is 11.5 Å². The number of benzene rings is 2. The monoisotopic (exact) mass is 425 g/mol. The summed E-state index contributed by atoms with van der Waals surface area (Å²) < 4.78 is 11.0. The van der Waals surface area contributed by atoms with Crippen molar-refractivity contribution in [1.29, 1.82) is 0 Å². The predicted octanol–water partition coefficient (Wildman–Crippen LogP) is 5.42. The molecule has 0 saturated carbocycles. The van der Waals surface area contributed by atoms with Gasteiger partial charge in [0.05, 0.1) is 34.9 Å². The van der Waals surface area contributed by atoms with Crippen LogP contribution in [0.3, 0.4) is 0 Å². The quantitative estimate of drug-likeness (QED) is 0.483. The molecule has 2 aromatic carbocycles. The smallest absolute Gasteiger partial charge is 0.270 e. The lowest BCUT2D eigenvalue weighted by Gasteiger charge is -2.15. The Hall–Kier alpha value is -1.73. The summed E-state index contributed by atoms with van der Waals surface area (Å²) in [7, 11) is 3.15. The zero-order valence-corrected chi connectivity index (χ0v) is 16.9. The highest BCUT2D eigenvalue weighted by atomic mass is 35.5. The summed E-state index contributed by atoms with van der Waals surface area (Å²) in [6.45, 7) is 0. The Morgan fingerprint density at radius 2 is 1.85 bits per heavy atom. The first-order valence-electron chi connectivity index (χ1n) is 7.39. The maximum Gasteiger partial charge on any atom is 0.270 e. The molecule has 0 unspecified atom stereocenters. The standard InChI is InChI=1S/C18H13Cl2NO3S2/c1-23-12-4-6-15(24-2)10(7-12)8-16-17(22)21(18(25)26-16)11-3-5-13(19)14(20)9-11/h3-9H,1-2H3/b16-8-. The van der Waals surface area contributed by atoms with Gasteiger partial charge in [-0.3, -0.25) is 9.69 Å². The van der Waals surface area contributed by atoms with Gasteiger partial charge in [0.2, 0.25) is 0 Å². The van der Waals surface area contributed by atoms with Crippen LogP contribution >= 0.6 is 47.2 Å². The fourth-order valence-electron chi connectivity index (χ4n) is 2.41. The Morgan fingerprint density at radius 3 is 2.50 bits per heavy atom. The number of carbonyl (C=O) groups is 1. The van der Waals surface area contributed by atoms with Crippen LogP contribution in [0.25, 0.3) is 6.08 Å². The summed E-state index contributed by atoms with van der Waals surface area (Å²) >= 11 is 18.6. The molecule has 1 aliphatic rings. The predicted molar refractivity (Wildman–Crippen MR) is 112 cm³/mol. The lowest BCUT2D eigenvalue weighted by atomic mass is 10.1. The van der Waals surface area contributed by atoms with Gasteiger partial charge >= 0.3 is 0 Å². The zero-order valence-electron chi connectivity index (χ0n) is 13.8. The average Bonchev–Trinajstić information content (AvgIpc) is 2.91. The minimum atomic E-state index is -0.233. The van der Waals surface area contributed by atoms with Gasteiger partial charge < -0.3 is 9.47 Å². The zero-order chi connectivity index (χ0) is 18.8. The minimum Gasteiger partial charge on any atom is -0.497 e. The van der Waals surface area contributed by atoms with Crippen molar-refractivity contribution in [2.75, 3.05) is 19.1 Å². The van der Waals surface area contributed by atoms with Crippen LogP contribution in [-0.4, -0.2) is 24.4 Å². The van der Waals surface area contributed by atoms with Crippen molar-refractivity contribution in [2.24, 2.45) is 0 Å². The number of nitrogens with zero attached hydrogens (tertiary/aromatic N) is 1. The van der Waals surface area contributed by atoms with Crippen molar-refractivity contribution in [1.82, 2.24) is 0 Å². The lowest BCUT2D eigenvalue weighted by Crippen LogP contribution is -2.27. The molecule has 1 heterocycles. The van der Waals surface area contributed by atoms with E-state index in [9.17, 15) is 4.79 Å². The first kappa shape index (κ1) is 19.0. The van der Waals surface area contributed by atoms with Crippen molar-refractivity contribution in [2.45, 2.75) is 0 Å². The third-order valence-corrected chi connectivity index (χ3v) is 5.72. The highest BCUT2D eigenvalue weighted by Crippen LogP contribution is 2.39. The van der Waals surface area contributed by atoms with E-state index in [1.807, 2.05) is 0 Å². The minimum absolute atomic E-state index is 0.233. The molecule has 134 valence electrons. The van der Waals surface area contributed by atoms with Crippen LogP contribution in [0.2, 0.25) is 10.0 Å². The molecule has 0 bridgehead atoms. The van der Waals surface area contributed by atoms with Gasteiger partial charge in [-0.15, -0.1) is 0 Å². The van der Waals surface area contributed by atoms with Crippen LogP contribution < -0.4 is 14.4 Å². The molecule has 2 aromatic rings. The molecule has 8 heteroatoms. The fourth-order valence-corrected chi connectivity index (χ4v) is 3.99. The molecule has 26 heavy (non-hydrogen) atoms. The number of anilines is 1. The first-order valence-corrected chi connectivity index (χ1v) is 9.37. The van der Waals surface area contributed by atoms with E-state index in [4.69, 9.17) is 44.9 Å². The van der Waals surface area contributed by atoms with E-state index in [0.717, 1.165) is 5.56 Å². The molecular weight excluding hydrogens is 413 g/mol. The second-order valence-corrected chi connectivity index (χ2v) is 7.71. The van der Waals surface area contributed by atoms with E-state index in [0.29, 0.717) is 36.5 Å². The van der Waals surface area contributed by atoms with Crippen LogP contribution in [0.5, 0.6) is 11.5 Å². The van der Waals surface area contributed by atoms with Gasteiger partial charge in [-0.25, -0.2) is 0 Å². The van der Waals surface area contributed by atoms with Gasteiger partial charge in [-0.2, -0.15) is 0 Å². The SMILES string of the molecule is COc1ccc(OC)c(/C=C2\SC(=S)N(c3ccc(Cl)c(Cl)c3)C2=O)c1. The maximum atomic E-state index is 12.9. The van der Waals surface area contributed by atoms with Crippen molar-refractivity contribution in [3.63, 3.8) is 0 Å². The molecule has 1 aliphatic heterocycles. The summed E-state index contributed by atoms with van der Waals surface area (Å²) in [5.74, 6) is 1.06. The van der Waals surface area contributed by atoms with Crippen LogP contribution in [0.4, 0.5) is 5.69 Å². The Bertz CT molecular complexity index is 931. The Balaban J connectivity index is 1.98. The molecule has 0 atom stereocenters. The molecule has 0 N–H and O–H groups in total. The van der Waals surface area contributed by atoms with Crippen LogP contribution in [-0.2, 0) is 4.79 Å². The Morgan fingerprint density at radius 1 is 1.08 bits per heavy atom. The number of halogens is 2. The summed E-state index contributed by atoms with van der Waals surface area (Å²) in [4.78, 5) is 14.8. The number of thioether (sulfide) groups is 1. The third-order valence-electron chi connectivity index (χ3n) is 3.68. The Labute approximate surface area is 170 Å². The molecular formula is C18H13Cl2NO3S2. The van der Waals surface area contributed by atoms with E-state index in [1.54, 1.807) is 56.7 Å². The van der Waals surface area contributed by atoms with Gasteiger partial charge in [0, 0.05) is 5.56 Å². The van der Waals surface area contributed by atoms with E-state index in [2.05, 4.69) is 0 Å². The highest BCUT2D eigenvalue weighted by molar-refractivity contribution is 8.27. The van der Waals surface area contributed by atoms with Gasteiger partial charge in [-0.1, -0.05) is 47.2 Å². The topological polar surface area (TPSA) is 38.8 Å². The van der Waals surface area contributed by atoms with Crippen LogP contribution in [0.1, 0.15) is 5.56 Å². The number of carbonyl (C=O) groups excluding carboxylic acids is 1. The van der Waals surface area contributed by atoms with Crippen LogP contribution in [0.15, 0.2) is 41.3 Å². The largest absolute Gasteiger partial charge is 0.497 e. The van der Waals surface area contributed by atoms with Gasteiger partial charge in [0.15, 0.2) is 4.32 Å². The summed E-state index contributed by atoms with van der Waals surface area (Å²) in [6.07, 6.45) is 1.73. The number of hydrogen-bond acceptors (Lipinski definition) is 5. The molecule has 0 aromatic heterocycles. The van der Waals surface area contributed by atoms with E-state index < -0.39 is 0 Å². The second-order valence-electron chi connectivity index (χ2n) is 5.22. The van der Waals surface area contributed by atoms with Crippen molar-refractivity contribution >= 4 is 69.2 Å². The molecule has 3 rings (SSSR count). The number of thiocarbonyl (C=S) groups is 1. The molecule has 0 spiro atoms. The van der Waals surface area contributed by atoms with E-state index in [1.165, 1.54) is 16.7 Å². The number of hydrogen-bond donors (Lipinski definition) is 0. The normalized spacial score (nSPS) is 15.7. The van der Waals surface area contributed by atoms with Crippen LogP contribution in [0, 0.1) is 0 Å². The average molecular weight is 426 g/mol. The molecule has 0 aliphatic carbocycles. The summed E-state index contributed by atoms with van der Waals surface area (Å²) in [5.41, 5.74) is 1.30. The highest BCUT2D eigenvalue weighted by Gasteiger charge is 2.33. The molecule has 1 fully saturated rings. The Kier molecular flexibility index (Phi) is 5.77. The van der Waals surface area contributed by atoms with Gasteiger partial charge in [-0.05, 0) is 42.5 Å². The molecule has 1 amide bonds. The third kappa shape index (κ3) is 3.69. The molecule has 1 saturated heterocycles. The van der Waals surface area contributed by atoms with Crippen molar-refractivity contribution in [3.05, 3.63) is 56.9 Å². The maximum absolute atomic E-state index is 12.9.